The van der Waals surface area contributed by atoms with E-state index in [2.05, 4.69) is 14.6 Å². The van der Waals surface area contributed by atoms with Crippen LogP contribution in [0.5, 0.6) is 0 Å². The number of carbonyl (C=O) groups is 1. The lowest BCUT2D eigenvalue weighted by molar-refractivity contribution is -0.137. The molecule has 0 fully saturated rings. The van der Waals surface area contributed by atoms with Gasteiger partial charge in [-0.3, -0.25) is 14.3 Å². The predicted octanol–water partition coefficient (Wildman–Crippen LogP) is 3.03. The van der Waals surface area contributed by atoms with Crippen molar-refractivity contribution in [2.45, 2.75) is 26.1 Å². The van der Waals surface area contributed by atoms with E-state index in [-0.39, 0.29) is 40.3 Å². The van der Waals surface area contributed by atoms with Crippen LogP contribution >= 0.6 is 7.82 Å². The first kappa shape index (κ1) is 24.5. The molecule has 0 saturated heterocycles. The number of aryl methyl sites for hydroxylation is 1. The Morgan fingerprint density at radius 3 is 2.55 bits per heavy atom. The molecule has 3 aromatic rings. The SMILES string of the molecule is Cc1nn(-c2ccnc(Cc3cc(F)cc(C(F)(F)F)c3)c2)c(COP(=O)(O)O)c1C(N)=O. The van der Waals surface area contributed by atoms with Gasteiger partial charge in [0.1, 0.15) is 12.4 Å². The first-order chi connectivity index (χ1) is 15.2. The summed E-state index contributed by atoms with van der Waals surface area (Å²) in [5.74, 6) is -1.96. The van der Waals surface area contributed by atoms with Crippen molar-refractivity contribution in [2.75, 3.05) is 0 Å². The number of phosphoric ester groups is 1. The molecule has 4 N–H and O–H groups in total. The van der Waals surface area contributed by atoms with Gasteiger partial charge in [0.2, 0.25) is 0 Å². The number of rotatable bonds is 7. The Hall–Kier alpha value is -3.12. The van der Waals surface area contributed by atoms with Gasteiger partial charge in [0, 0.05) is 18.3 Å². The molecule has 33 heavy (non-hydrogen) atoms. The van der Waals surface area contributed by atoms with Crippen molar-refractivity contribution in [2.24, 2.45) is 5.73 Å². The van der Waals surface area contributed by atoms with Crippen LogP contribution in [0.2, 0.25) is 0 Å². The molecule has 1 aromatic carbocycles. The van der Waals surface area contributed by atoms with Gasteiger partial charge in [0.25, 0.3) is 5.91 Å². The summed E-state index contributed by atoms with van der Waals surface area (Å²) in [4.78, 5) is 33.9. The van der Waals surface area contributed by atoms with Crippen molar-refractivity contribution in [1.29, 1.82) is 0 Å². The van der Waals surface area contributed by atoms with Crippen LogP contribution in [-0.2, 0) is 28.3 Å². The largest absolute Gasteiger partial charge is 0.469 e. The number of amides is 1. The maximum absolute atomic E-state index is 13.7. The van der Waals surface area contributed by atoms with Gasteiger partial charge in [-0.25, -0.2) is 13.6 Å². The van der Waals surface area contributed by atoms with Gasteiger partial charge >= 0.3 is 14.0 Å². The average molecular weight is 488 g/mol. The second-order valence-corrected chi connectivity index (χ2v) is 8.21. The minimum atomic E-state index is -4.90. The lowest BCUT2D eigenvalue weighted by Gasteiger charge is -2.12. The summed E-state index contributed by atoms with van der Waals surface area (Å²) in [6, 6.07) is 5.00. The number of phosphoric acid groups is 1. The van der Waals surface area contributed by atoms with Crippen LogP contribution in [-0.4, -0.2) is 30.5 Å². The van der Waals surface area contributed by atoms with Crippen LogP contribution in [0.3, 0.4) is 0 Å². The zero-order valence-electron chi connectivity index (χ0n) is 16.9. The minimum absolute atomic E-state index is 0.0199. The van der Waals surface area contributed by atoms with E-state index in [4.69, 9.17) is 15.5 Å². The first-order valence-electron chi connectivity index (χ1n) is 9.15. The summed E-state index contributed by atoms with van der Waals surface area (Å²) >= 11 is 0. The van der Waals surface area contributed by atoms with E-state index in [9.17, 15) is 26.9 Å². The van der Waals surface area contributed by atoms with E-state index in [1.807, 2.05) is 0 Å². The van der Waals surface area contributed by atoms with E-state index in [0.29, 0.717) is 6.07 Å². The normalized spacial score (nSPS) is 12.2. The van der Waals surface area contributed by atoms with Gasteiger partial charge in [-0.15, -0.1) is 0 Å². The van der Waals surface area contributed by atoms with E-state index < -0.39 is 37.9 Å². The fraction of sp³-hybridized carbons (Fsp3) is 0.211. The zero-order chi connectivity index (χ0) is 24.6. The maximum Gasteiger partial charge on any atom is 0.469 e. The minimum Gasteiger partial charge on any atom is -0.365 e. The summed E-state index contributed by atoms with van der Waals surface area (Å²) in [5, 5.41) is 4.16. The highest BCUT2D eigenvalue weighted by Gasteiger charge is 2.31. The second kappa shape index (κ2) is 9.02. The fourth-order valence-corrected chi connectivity index (χ4v) is 3.50. The molecule has 2 aromatic heterocycles. The van der Waals surface area contributed by atoms with Gasteiger partial charge < -0.3 is 15.5 Å². The van der Waals surface area contributed by atoms with Gasteiger partial charge in [0.15, 0.2) is 0 Å². The van der Waals surface area contributed by atoms with Crippen molar-refractivity contribution in [1.82, 2.24) is 14.8 Å². The number of halogens is 4. The Morgan fingerprint density at radius 2 is 1.94 bits per heavy atom. The fourth-order valence-electron chi connectivity index (χ4n) is 3.21. The van der Waals surface area contributed by atoms with Crippen LogP contribution in [0.4, 0.5) is 17.6 Å². The third kappa shape index (κ3) is 6.02. The number of nitrogens with two attached hydrogens (primary N) is 1. The van der Waals surface area contributed by atoms with E-state index in [1.165, 1.54) is 25.3 Å². The number of primary amides is 1. The lowest BCUT2D eigenvalue weighted by Crippen LogP contribution is -2.15. The Morgan fingerprint density at radius 1 is 1.24 bits per heavy atom. The Balaban J connectivity index is 2.01. The number of hydrogen-bond acceptors (Lipinski definition) is 5. The Labute approximate surface area is 184 Å². The molecule has 0 unspecified atom stereocenters. The van der Waals surface area contributed by atoms with E-state index in [1.54, 1.807) is 0 Å². The topological polar surface area (TPSA) is 141 Å². The zero-order valence-corrected chi connectivity index (χ0v) is 17.8. The van der Waals surface area contributed by atoms with Crippen LogP contribution in [0.1, 0.15) is 38.6 Å². The van der Waals surface area contributed by atoms with Crippen LogP contribution in [0.25, 0.3) is 5.69 Å². The number of hydrogen-bond donors (Lipinski definition) is 3. The number of pyridine rings is 1. The van der Waals surface area contributed by atoms with E-state index in [0.717, 1.165) is 16.8 Å². The molecular formula is C19H17F4N4O5P. The van der Waals surface area contributed by atoms with Crippen LogP contribution < -0.4 is 5.73 Å². The summed E-state index contributed by atoms with van der Waals surface area (Å²) in [7, 11) is -4.90. The maximum atomic E-state index is 13.7. The summed E-state index contributed by atoms with van der Waals surface area (Å²) in [6.07, 6.45) is -3.58. The van der Waals surface area contributed by atoms with Crippen molar-refractivity contribution in [3.63, 3.8) is 0 Å². The molecule has 3 rings (SSSR count). The second-order valence-electron chi connectivity index (χ2n) is 6.98. The highest BCUT2D eigenvalue weighted by Crippen LogP contribution is 2.38. The molecule has 2 heterocycles. The highest BCUT2D eigenvalue weighted by atomic mass is 31.2. The number of nitrogens with zero attached hydrogens (tertiary/aromatic N) is 3. The molecule has 0 spiro atoms. The molecule has 14 heteroatoms. The van der Waals surface area contributed by atoms with E-state index >= 15 is 0 Å². The van der Waals surface area contributed by atoms with Crippen LogP contribution in [0.15, 0.2) is 36.5 Å². The van der Waals surface area contributed by atoms with Gasteiger partial charge in [-0.2, -0.15) is 18.3 Å². The van der Waals surface area contributed by atoms with Crippen molar-refractivity contribution in [3.05, 3.63) is 76.1 Å². The number of alkyl halides is 3. The quantitative estimate of drug-likeness (QED) is 0.343. The predicted molar refractivity (Wildman–Crippen MR) is 106 cm³/mol. The molecule has 0 aliphatic carbocycles. The molecule has 176 valence electrons. The molecule has 1 amide bonds. The number of benzene rings is 1. The first-order valence-corrected chi connectivity index (χ1v) is 10.7. The van der Waals surface area contributed by atoms with Gasteiger partial charge in [0.05, 0.1) is 28.2 Å². The highest BCUT2D eigenvalue weighted by molar-refractivity contribution is 7.46. The van der Waals surface area contributed by atoms with Crippen molar-refractivity contribution in [3.8, 4) is 5.69 Å². The van der Waals surface area contributed by atoms with Crippen LogP contribution in [0, 0.1) is 12.7 Å². The van der Waals surface area contributed by atoms with Crippen molar-refractivity contribution < 1.29 is 41.2 Å². The smallest absolute Gasteiger partial charge is 0.365 e. The van der Waals surface area contributed by atoms with Crippen molar-refractivity contribution >= 4 is 13.7 Å². The van der Waals surface area contributed by atoms with Gasteiger partial charge in [-0.1, -0.05) is 0 Å². The molecule has 0 aliphatic rings. The Bertz CT molecular complexity index is 1260. The average Bonchev–Trinajstić information content (AvgIpc) is 3.01. The third-order valence-corrected chi connectivity index (χ3v) is 4.95. The number of aromatic nitrogens is 3. The molecule has 9 nitrogen and oxygen atoms in total. The molecule has 0 atom stereocenters. The monoisotopic (exact) mass is 488 g/mol. The molecule has 0 bridgehead atoms. The summed E-state index contributed by atoms with van der Waals surface area (Å²) in [5.41, 5.74) is 4.73. The third-order valence-electron chi connectivity index (χ3n) is 4.49. The molecule has 0 saturated carbocycles. The Kier molecular flexibility index (Phi) is 6.70. The standard InChI is InChI=1S/C19H17F4N4O5P/c1-10-17(18(24)28)16(9-32-33(29,30)31)27(26-10)15-2-3-25-14(8-15)6-11-4-12(19(21,22)23)7-13(20)5-11/h2-5,7-8H,6,9H2,1H3,(H2,24,28)(H2,29,30,31). The molecular weight excluding hydrogens is 471 g/mol. The van der Waals surface area contributed by atoms with Gasteiger partial charge in [-0.05, 0) is 42.8 Å². The summed E-state index contributed by atoms with van der Waals surface area (Å²) < 4.78 is 69.4. The molecule has 0 radical (unpaired) electrons. The number of carbonyl (C=O) groups excluding carboxylic acids is 1. The lowest BCUT2D eigenvalue weighted by atomic mass is 10.0. The molecule has 0 aliphatic heterocycles. The summed E-state index contributed by atoms with van der Waals surface area (Å²) in [6.45, 7) is 0.741.